The van der Waals surface area contributed by atoms with Crippen molar-refractivity contribution in [3.63, 3.8) is 0 Å². The lowest BCUT2D eigenvalue weighted by molar-refractivity contribution is 0.0606. The Labute approximate surface area is 122 Å². The minimum atomic E-state index is 0.592. The van der Waals surface area contributed by atoms with Crippen LogP contribution in [-0.2, 0) is 6.54 Å². The van der Waals surface area contributed by atoms with Gasteiger partial charge in [0.15, 0.2) is 0 Å². The van der Waals surface area contributed by atoms with Gasteiger partial charge in [-0.1, -0.05) is 20.3 Å². The SMILES string of the molecule is CC(C)Cn1ccnc1NC1CC2CCCC(C1)N2C. The molecule has 2 aliphatic rings. The predicted octanol–water partition coefficient (Wildman–Crippen LogP) is 2.97. The number of fused-ring (bicyclic) bond motifs is 2. The molecule has 2 aliphatic heterocycles. The van der Waals surface area contributed by atoms with Crippen molar-refractivity contribution >= 4 is 5.95 Å². The zero-order valence-electron chi connectivity index (χ0n) is 13.0. The van der Waals surface area contributed by atoms with Crippen LogP contribution in [0.2, 0.25) is 0 Å². The van der Waals surface area contributed by atoms with Gasteiger partial charge in [-0.2, -0.15) is 0 Å². The summed E-state index contributed by atoms with van der Waals surface area (Å²) < 4.78 is 2.26. The Morgan fingerprint density at radius 2 is 2.00 bits per heavy atom. The third kappa shape index (κ3) is 2.85. The van der Waals surface area contributed by atoms with Gasteiger partial charge >= 0.3 is 0 Å². The lowest BCUT2D eigenvalue weighted by Crippen LogP contribution is -2.53. The molecule has 3 rings (SSSR count). The summed E-state index contributed by atoms with van der Waals surface area (Å²) in [6.07, 6.45) is 10.7. The molecule has 3 heterocycles. The van der Waals surface area contributed by atoms with Crippen molar-refractivity contribution in [1.82, 2.24) is 14.5 Å². The number of nitrogens with zero attached hydrogens (tertiary/aromatic N) is 3. The van der Waals surface area contributed by atoms with E-state index in [1.165, 1.54) is 32.1 Å². The molecular formula is C16H28N4. The second-order valence-corrected chi connectivity index (χ2v) is 7.01. The molecule has 0 amide bonds. The minimum Gasteiger partial charge on any atom is -0.353 e. The van der Waals surface area contributed by atoms with Gasteiger partial charge in [0.2, 0.25) is 5.95 Å². The largest absolute Gasteiger partial charge is 0.353 e. The highest BCUT2D eigenvalue weighted by atomic mass is 15.2. The molecule has 20 heavy (non-hydrogen) atoms. The van der Waals surface area contributed by atoms with Gasteiger partial charge in [0, 0.05) is 37.1 Å². The molecule has 0 saturated carbocycles. The number of rotatable bonds is 4. The molecule has 1 aromatic rings. The average molecular weight is 276 g/mol. The zero-order chi connectivity index (χ0) is 14.1. The van der Waals surface area contributed by atoms with Crippen LogP contribution in [-0.4, -0.2) is 39.6 Å². The van der Waals surface area contributed by atoms with Gasteiger partial charge in [-0.25, -0.2) is 4.98 Å². The number of hydrogen-bond donors (Lipinski definition) is 1. The van der Waals surface area contributed by atoms with Crippen molar-refractivity contribution in [2.24, 2.45) is 5.92 Å². The molecular weight excluding hydrogens is 248 g/mol. The Kier molecular flexibility index (Phi) is 4.01. The van der Waals surface area contributed by atoms with Crippen LogP contribution in [0.15, 0.2) is 12.4 Å². The van der Waals surface area contributed by atoms with Crippen molar-refractivity contribution in [3.05, 3.63) is 12.4 Å². The molecule has 0 aromatic carbocycles. The van der Waals surface area contributed by atoms with Crippen LogP contribution in [0.25, 0.3) is 0 Å². The van der Waals surface area contributed by atoms with E-state index >= 15 is 0 Å². The fourth-order valence-corrected chi connectivity index (χ4v) is 3.91. The third-order valence-electron chi connectivity index (χ3n) is 4.95. The Bertz CT molecular complexity index is 425. The average Bonchev–Trinajstić information content (AvgIpc) is 2.77. The van der Waals surface area contributed by atoms with Gasteiger partial charge in [-0.3, -0.25) is 0 Å². The third-order valence-corrected chi connectivity index (χ3v) is 4.95. The van der Waals surface area contributed by atoms with Gasteiger partial charge in [-0.05, 0) is 38.6 Å². The predicted molar refractivity (Wildman–Crippen MR) is 82.9 cm³/mol. The zero-order valence-corrected chi connectivity index (χ0v) is 13.0. The molecule has 2 bridgehead atoms. The van der Waals surface area contributed by atoms with E-state index in [9.17, 15) is 0 Å². The summed E-state index contributed by atoms with van der Waals surface area (Å²) in [5, 5.41) is 3.71. The van der Waals surface area contributed by atoms with Crippen molar-refractivity contribution in [1.29, 1.82) is 0 Å². The normalized spacial score (nSPS) is 30.7. The highest BCUT2D eigenvalue weighted by molar-refractivity contribution is 5.28. The first-order chi connectivity index (χ1) is 9.63. The highest BCUT2D eigenvalue weighted by Gasteiger charge is 2.36. The molecule has 0 radical (unpaired) electrons. The van der Waals surface area contributed by atoms with E-state index in [1.807, 2.05) is 6.20 Å². The molecule has 2 fully saturated rings. The smallest absolute Gasteiger partial charge is 0.202 e. The Morgan fingerprint density at radius 1 is 1.30 bits per heavy atom. The summed E-state index contributed by atoms with van der Waals surface area (Å²) in [5.74, 6) is 1.72. The molecule has 1 N–H and O–H groups in total. The Hall–Kier alpha value is -1.03. The second-order valence-electron chi connectivity index (χ2n) is 7.01. The maximum atomic E-state index is 4.51. The van der Waals surface area contributed by atoms with E-state index in [0.29, 0.717) is 12.0 Å². The highest BCUT2D eigenvalue weighted by Crippen LogP contribution is 2.33. The van der Waals surface area contributed by atoms with E-state index in [0.717, 1.165) is 24.6 Å². The Balaban J connectivity index is 1.65. The van der Waals surface area contributed by atoms with Crippen molar-refractivity contribution in [2.75, 3.05) is 12.4 Å². The molecule has 4 heteroatoms. The standard InChI is InChI=1S/C16H28N4/c1-12(2)11-20-8-7-17-16(20)18-13-9-14-5-4-6-15(10-13)19(14)3/h7-8,12-15H,4-6,9-11H2,1-3H3,(H,17,18). The summed E-state index contributed by atoms with van der Waals surface area (Å²) in [7, 11) is 2.31. The maximum Gasteiger partial charge on any atom is 0.202 e. The molecule has 2 saturated heterocycles. The number of hydrogen-bond acceptors (Lipinski definition) is 3. The molecule has 4 nitrogen and oxygen atoms in total. The summed E-state index contributed by atoms with van der Waals surface area (Å²) >= 11 is 0. The monoisotopic (exact) mass is 276 g/mol. The molecule has 0 aliphatic carbocycles. The van der Waals surface area contributed by atoms with Crippen LogP contribution in [0.4, 0.5) is 5.95 Å². The first-order valence-electron chi connectivity index (χ1n) is 8.13. The molecule has 2 atom stereocenters. The number of nitrogens with one attached hydrogen (secondary N) is 1. The van der Waals surface area contributed by atoms with Gasteiger partial charge < -0.3 is 14.8 Å². The van der Waals surface area contributed by atoms with Crippen molar-refractivity contribution in [3.8, 4) is 0 Å². The van der Waals surface area contributed by atoms with E-state index in [-0.39, 0.29) is 0 Å². The van der Waals surface area contributed by atoms with Gasteiger partial charge in [0.1, 0.15) is 0 Å². The van der Waals surface area contributed by atoms with Crippen LogP contribution in [0, 0.1) is 5.92 Å². The van der Waals surface area contributed by atoms with E-state index in [1.54, 1.807) is 0 Å². The van der Waals surface area contributed by atoms with Crippen molar-refractivity contribution in [2.45, 2.75) is 70.6 Å². The Morgan fingerprint density at radius 3 is 2.65 bits per heavy atom. The quantitative estimate of drug-likeness (QED) is 0.918. The van der Waals surface area contributed by atoms with Crippen LogP contribution in [0.1, 0.15) is 46.0 Å². The van der Waals surface area contributed by atoms with E-state index in [2.05, 4.69) is 46.9 Å². The van der Waals surface area contributed by atoms with Crippen LogP contribution in [0.5, 0.6) is 0 Å². The van der Waals surface area contributed by atoms with Gasteiger partial charge in [0.25, 0.3) is 0 Å². The van der Waals surface area contributed by atoms with E-state index in [4.69, 9.17) is 0 Å². The number of piperidine rings is 2. The molecule has 0 spiro atoms. The number of anilines is 1. The summed E-state index contributed by atoms with van der Waals surface area (Å²) in [6.45, 7) is 5.55. The van der Waals surface area contributed by atoms with E-state index < -0.39 is 0 Å². The first-order valence-corrected chi connectivity index (χ1v) is 8.13. The van der Waals surface area contributed by atoms with Crippen LogP contribution >= 0.6 is 0 Å². The van der Waals surface area contributed by atoms with Crippen LogP contribution < -0.4 is 5.32 Å². The number of aromatic nitrogens is 2. The number of imidazole rings is 1. The maximum absolute atomic E-state index is 4.51. The molecule has 112 valence electrons. The lowest BCUT2D eigenvalue weighted by atomic mass is 9.82. The molecule has 2 unspecified atom stereocenters. The summed E-state index contributed by atoms with van der Waals surface area (Å²) in [4.78, 5) is 7.13. The first kappa shape index (κ1) is 13.9. The van der Waals surface area contributed by atoms with Gasteiger partial charge in [0.05, 0.1) is 0 Å². The topological polar surface area (TPSA) is 33.1 Å². The van der Waals surface area contributed by atoms with Gasteiger partial charge in [-0.15, -0.1) is 0 Å². The lowest BCUT2D eigenvalue weighted by Gasteiger charge is -2.47. The van der Waals surface area contributed by atoms with Crippen LogP contribution in [0.3, 0.4) is 0 Å². The second kappa shape index (κ2) is 5.76. The minimum absolute atomic E-state index is 0.592. The summed E-state index contributed by atoms with van der Waals surface area (Å²) in [5.41, 5.74) is 0. The fraction of sp³-hybridized carbons (Fsp3) is 0.812. The summed E-state index contributed by atoms with van der Waals surface area (Å²) in [6, 6.07) is 2.14. The fourth-order valence-electron chi connectivity index (χ4n) is 3.91. The van der Waals surface area contributed by atoms with Crippen molar-refractivity contribution < 1.29 is 0 Å². The molecule has 1 aromatic heterocycles.